The molecule has 27 heavy (non-hydrogen) atoms. The van der Waals surface area contributed by atoms with Crippen LogP contribution in [0.4, 0.5) is 11.8 Å². The van der Waals surface area contributed by atoms with Gasteiger partial charge in [-0.05, 0) is 37.2 Å². The molecule has 0 aromatic carbocycles. The highest BCUT2D eigenvalue weighted by Crippen LogP contribution is 2.24. The molecule has 2 fully saturated rings. The Labute approximate surface area is 162 Å². The van der Waals surface area contributed by atoms with E-state index in [0.717, 1.165) is 31.7 Å². The maximum atomic E-state index is 11.6. The van der Waals surface area contributed by atoms with E-state index < -0.39 is 10.0 Å². The zero-order valence-electron chi connectivity index (χ0n) is 16.4. The molecule has 3 atom stereocenters. The summed E-state index contributed by atoms with van der Waals surface area (Å²) in [7, 11) is -3.10. The number of hydrogen-bond acceptors (Lipinski definition) is 7. The molecule has 1 aromatic heterocycles. The van der Waals surface area contributed by atoms with Gasteiger partial charge in [0.25, 0.3) is 0 Å². The van der Waals surface area contributed by atoms with Crippen molar-refractivity contribution in [3.05, 3.63) is 12.3 Å². The van der Waals surface area contributed by atoms with Gasteiger partial charge in [-0.3, -0.25) is 0 Å². The molecule has 0 aliphatic carbocycles. The van der Waals surface area contributed by atoms with E-state index >= 15 is 0 Å². The van der Waals surface area contributed by atoms with Crippen LogP contribution in [0.15, 0.2) is 12.3 Å². The molecule has 2 aliphatic heterocycles. The Morgan fingerprint density at radius 2 is 2.19 bits per heavy atom. The van der Waals surface area contributed by atoms with Gasteiger partial charge in [0.15, 0.2) is 0 Å². The Balaban J connectivity index is 1.55. The molecule has 0 unspecified atom stereocenters. The number of ether oxygens (including phenoxy) is 1. The van der Waals surface area contributed by atoms with E-state index in [4.69, 9.17) is 4.74 Å². The van der Waals surface area contributed by atoms with Crippen LogP contribution in [0, 0.1) is 11.8 Å². The molecule has 9 heteroatoms. The van der Waals surface area contributed by atoms with Gasteiger partial charge in [-0.2, -0.15) is 4.98 Å². The predicted molar refractivity (Wildman–Crippen MR) is 106 cm³/mol. The third-order valence-electron chi connectivity index (χ3n) is 5.28. The number of rotatable bonds is 7. The lowest BCUT2D eigenvalue weighted by atomic mass is 9.94. The van der Waals surface area contributed by atoms with Crippen molar-refractivity contribution in [2.24, 2.45) is 11.8 Å². The highest BCUT2D eigenvalue weighted by atomic mass is 32.2. The minimum Gasteiger partial charge on any atom is -0.376 e. The van der Waals surface area contributed by atoms with Gasteiger partial charge in [0, 0.05) is 32.4 Å². The topological polar surface area (TPSA) is 96.5 Å². The lowest BCUT2D eigenvalue weighted by Crippen LogP contribution is -2.43. The Morgan fingerprint density at radius 1 is 1.37 bits per heavy atom. The maximum absolute atomic E-state index is 11.6. The molecule has 2 saturated heterocycles. The van der Waals surface area contributed by atoms with Gasteiger partial charge < -0.3 is 15.4 Å². The number of sulfonamides is 1. The third-order valence-corrected chi connectivity index (χ3v) is 6.55. The fraction of sp³-hybridized carbons (Fsp3) is 0.778. The SMILES string of the molecule is CC(C)[C@@H]1OCCC[C@H]1Nc1ccnc(NC[C@@H]2CCN(S(C)(=O)=O)C2)n1. The second-order valence-corrected chi connectivity index (χ2v) is 9.88. The van der Waals surface area contributed by atoms with Gasteiger partial charge in [-0.15, -0.1) is 0 Å². The summed E-state index contributed by atoms with van der Waals surface area (Å²) in [6.45, 7) is 6.99. The van der Waals surface area contributed by atoms with Gasteiger partial charge in [0.2, 0.25) is 16.0 Å². The van der Waals surface area contributed by atoms with Crippen LogP contribution in [0.1, 0.15) is 33.1 Å². The van der Waals surface area contributed by atoms with Gasteiger partial charge in [-0.25, -0.2) is 17.7 Å². The highest BCUT2D eigenvalue weighted by Gasteiger charge is 2.29. The van der Waals surface area contributed by atoms with E-state index in [9.17, 15) is 8.42 Å². The van der Waals surface area contributed by atoms with Crippen LogP contribution < -0.4 is 10.6 Å². The molecule has 3 rings (SSSR count). The van der Waals surface area contributed by atoms with Gasteiger partial charge >= 0.3 is 0 Å². The summed E-state index contributed by atoms with van der Waals surface area (Å²) < 4.78 is 30.7. The first-order chi connectivity index (χ1) is 12.8. The monoisotopic (exact) mass is 397 g/mol. The first-order valence-electron chi connectivity index (χ1n) is 9.73. The zero-order valence-corrected chi connectivity index (χ0v) is 17.2. The van der Waals surface area contributed by atoms with Crippen molar-refractivity contribution in [1.29, 1.82) is 0 Å². The van der Waals surface area contributed by atoms with E-state index in [-0.39, 0.29) is 18.1 Å². The standard InChI is InChI=1S/C18H31N5O3S/c1-13(2)17-15(5-4-10-26-17)21-16-6-8-19-18(22-16)20-11-14-7-9-23(12-14)27(3,24)25/h6,8,13-15,17H,4-5,7,9-12H2,1-3H3,(H2,19,20,21,22)/t14-,15+,17-/m0/s1. The van der Waals surface area contributed by atoms with Crippen molar-refractivity contribution < 1.29 is 13.2 Å². The zero-order chi connectivity index (χ0) is 19.4. The molecule has 0 amide bonds. The van der Waals surface area contributed by atoms with Gasteiger partial charge in [0.05, 0.1) is 18.4 Å². The van der Waals surface area contributed by atoms with E-state index in [1.165, 1.54) is 10.6 Å². The summed E-state index contributed by atoms with van der Waals surface area (Å²) in [4.78, 5) is 8.86. The summed E-state index contributed by atoms with van der Waals surface area (Å²) in [6.07, 6.45) is 6.16. The molecule has 152 valence electrons. The Bertz CT molecular complexity index is 727. The predicted octanol–water partition coefficient (Wildman–Crippen LogP) is 1.79. The first kappa shape index (κ1) is 20.3. The van der Waals surface area contributed by atoms with Crippen molar-refractivity contribution in [2.75, 3.05) is 43.1 Å². The largest absolute Gasteiger partial charge is 0.376 e. The Hall–Kier alpha value is -1.45. The minimum atomic E-state index is -3.10. The minimum absolute atomic E-state index is 0.186. The van der Waals surface area contributed by atoms with Crippen molar-refractivity contribution in [3.63, 3.8) is 0 Å². The van der Waals surface area contributed by atoms with Crippen LogP contribution in [-0.4, -0.2) is 67.3 Å². The fourth-order valence-electron chi connectivity index (χ4n) is 3.83. The number of nitrogens with zero attached hydrogens (tertiary/aromatic N) is 3. The molecular weight excluding hydrogens is 366 g/mol. The first-order valence-corrected chi connectivity index (χ1v) is 11.6. The molecular formula is C18H31N5O3S. The smallest absolute Gasteiger partial charge is 0.224 e. The highest BCUT2D eigenvalue weighted by molar-refractivity contribution is 7.88. The molecule has 2 N–H and O–H groups in total. The molecule has 3 heterocycles. The Kier molecular flexibility index (Phi) is 6.54. The van der Waals surface area contributed by atoms with E-state index in [1.807, 2.05) is 6.07 Å². The molecule has 0 saturated carbocycles. The summed E-state index contributed by atoms with van der Waals surface area (Å²) >= 11 is 0. The van der Waals surface area contributed by atoms with Crippen molar-refractivity contribution in [1.82, 2.24) is 14.3 Å². The number of anilines is 2. The quantitative estimate of drug-likeness (QED) is 0.724. The lowest BCUT2D eigenvalue weighted by Gasteiger charge is -2.35. The van der Waals surface area contributed by atoms with E-state index in [1.54, 1.807) is 6.20 Å². The van der Waals surface area contributed by atoms with Gasteiger partial charge in [-0.1, -0.05) is 13.8 Å². The molecule has 1 aromatic rings. The Morgan fingerprint density at radius 3 is 2.89 bits per heavy atom. The summed E-state index contributed by atoms with van der Waals surface area (Å²) in [5, 5.41) is 6.76. The van der Waals surface area contributed by atoms with Crippen molar-refractivity contribution in [2.45, 2.75) is 45.3 Å². The van der Waals surface area contributed by atoms with Crippen molar-refractivity contribution >= 4 is 21.8 Å². The normalized spacial score (nSPS) is 27.0. The van der Waals surface area contributed by atoms with Crippen LogP contribution in [0.25, 0.3) is 0 Å². The van der Waals surface area contributed by atoms with Crippen LogP contribution in [0.5, 0.6) is 0 Å². The van der Waals surface area contributed by atoms with E-state index in [2.05, 4.69) is 34.4 Å². The number of hydrogen-bond donors (Lipinski definition) is 2. The second-order valence-electron chi connectivity index (χ2n) is 7.89. The molecule has 0 spiro atoms. The lowest BCUT2D eigenvalue weighted by molar-refractivity contribution is -0.0203. The third kappa shape index (κ3) is 5.52. The van der Waals surface area contributed by atoms with Crippen LogP contribution in [0.3, 0.4) is 0 Å². The average molecular weight is 398 g/mol. The summed E-state index contributed by atoms with van der Waals surface area (Å²) in [5.41, 5.74) is 0. The molecule has 0 radical (unpaired) electrons. The summed E-state index contributed by atoms with van der Waals surface area (Å²) in [5.74, 6) is 2.08. The van der Waals surface area contributed by atoms with Crippen LogP contribution in [-0.2, 0) is 14.8 Å². The summed E-state index contributed by atoms with van der Waals surface area (Å²) in [6, 6.07) is 2.12. The number of nitrogens with one attached hydrogen (secondary N) is 2. The maximum Gasteiger partial charge on any atom is 0.224 e. The van der Waals surface area contributed by atoms with Gasteiger partial charge in [0.1, 0.15) is 5.82 Å². The number of aromatic nitrogens is 2. The molecule has 0 bridgehead atoms. The molecule has 8 nitrogen and oxygen atoms in total. The second kappa shape index (κ2) is 8.70. The van der Waals surface area contributed by atoms with E-state index in [0.29, 0.717) is 31.5 Å². The fourth-order valence-corrected chi connectivity index (χ4v) is 4.75. The average Bonchev–Trinajstić information content (AvgIpc) is 3.10. The van der Waals surface area contributed by atoms with Crippen LogP contribution in [0.2, 0.25) is 0 Å². The van der Waals surface area contributed by atoms with Crippen molar-refractivity contribution in [3.8, 4) is 0 Å². The molecule has 2 aliphatic rings. The van der Waals surface area contributed by atoms with Crippen LogP contribution >= 0.6 is 0 Å².